The van der Waals surface area contributed by atoms with Crippen LogP contribution in [0.25, 0.3) is 0 Å². The Balaban J connectivity index is 2.32. The number of imide groups is 1. The van der Waals surface area contributed by atoms with Gasteiger partial charge in [0.05, 0.1) is 6.61 Å². The van der Waals surface area contributed by atoms with Crippen LogP contribution in [-0.2, 0) is 19.1 Å². The summed E-state index contributed by atoms with van der Waals surface area (Å²) in [7, 11) is 0. The Bertz CT molecular complexity index is 346. The summed E-state index contributed by atoms with van der Waals surface area (Å²) < 4.78 is 4.74. The predicted molar refractivity (Wildman–Crippen MR) is 56.3 cm³/mol. The topological polar surface area (TPSA) is 63.7 Å². The highest BCUT2D eigenvalue weighted by Crippen LogP contribution is 2.12. The maximum atomic E-state index is 11.4. The van der Waals surface area contributed by atoms with E-state index in [9.17, 15) is 14.4 Å². The maximum Gasteiger partial charge on any atom is 0.305 e. The lowest BCUT2D eigenvalue weighted by Gasteiger charge is -2.13. The van der Waals surface area contributed by atoms with E-state index in [0.29, 0.717) is 18.6 Å². The largest absolute Gasteiger partial charge is 0.466 e. The van der Waals surface area contributed by atoms with Crippen LogP contribution in [0.2, 0.25) is 0 Å². The number of ether oxygens (including phenoxy) is 1. The fourth-order valence-corrected chi connectivity index (χ4v) is 1.46. The van der Waals surface area contributed by atoms with Crippen molar-refractivity contribution in [2.45, 2.75) is 26.7 Å². The number of amides is 2. The summed E-state index contributed by atoms with van der Waals surface area (Å²) >= 11 is 0. The summed E-state index contributed by atoms with van der Waals surface area (Å²) in [4.78, 5) is 34.9. The fourth-order valence-electron chi connectivity index (χ4n) is 1.46. The summed E-state index contributed by atoms with van der Waals surface area (Å²) in [5.74, 6) is -0.869. The molecule has 1 aliphatic rings. The third kappa shape index (κ3) is 2.92. The molecule has 0 bridgehead atoms. The minimum Gasteiger partial charge on any atom is -0.466 e. The van der Waals surface area contributed by atoms with Crippen LogP contribution in [0.15, 0.2) is 11.6 Å². The van der Waals surface area contributed by atoms with Crippen molar-refractivity contribution in [2.24, 2.45) is 0 Å². The van der Waals surface area contributed by atoms with Crippen LogP contribution in [0.3, 0.4) is 0 Å². The number of esters is 1. The molecule has 0 aromatic rings. The van der Waals surface area contributed by atoms with Gasteiger partial charge in [-0.25, -0.2) is 0 Å². The summed E-state index contributed by atoms with van der Waals surface area (Å²) in [6.45, 7) is 3.95. The van der Waals surface area contributed by atoms with E-state index in [-0.39, 0.29) is 30.7 Å². The summed E-state index contributed by atoms with van der Waals surface area (Å²) in [5.41, 5.74) is 0.445. The Hall–Kier alpha value is -1.65. The average Bonchev–Trinajstić information content (AvgIpc) is 2.45. The second-order valence-corrected chi connectivity index (χ2v) is 3.53. The molecule has 16 heavy (non-hydrogen) atoms. The van der Waals surface area contributed by atoms with Crippen LogP contribution in [-0.4, -0.2) is 35.8 Å². The monoisotopic (exact) mass is 225 g/mol. The van der Waals surface area contributed by atoms with E-state index >= 15 is 0 Å². The summed E-state index contributed by atoms with van der Waals surface area (Å²) in [6, 6.07) is 0. The smallest absolute Gasteiger partial charge is 0.305 e. The molecule has 0 fully saturated rings. The van der Waals surface area contributed by atoms with Crippen molar-refractivity contribution < 1.29 is 19.1 Å². The zero-order valence-electron chi connectivity index (χ0n) is 9.49. The first-order valence-corrected chi connectivity index (χ1v) is 5.26. The lowest BCUT2D eigenvalue weighted by molar-refractivity contribution is -0.144. The first kappa shape index (κ1) is 12.4. The van der Waals surface area contributed by atoms with Gasteiger partial charge in [-0.1, -0.05) is 0 Å². The maximum absolute atomic E-state index is 11.4. The number of carbonyl (C=O) groups is 3. The molecule has 0 atom stereocenters. The molecule has 88 valence electrons. The number of nitrogens with zero attached hydrogens (tertiary/aromatic N) is 1. The molecule has 0 aromatic heterocycles. The van der Waals surface area contributed by atoms with Crippen molar-refractivity contribution in [2.75, 3.05) is 13.2 Å². The van der Waals surface area contributed by atoms with Crippen LogP contribution >= 0.6 is 0 Å². The van der Waals surface area contributed by atoms with Crippen LogP contribution in [0.5, 0.6) is 0 Å². The van der Waals surface area contributed by atoms with Gasteiger partial charge in [0.25, 0.3) is 11.8 Å². The second kappa shape index (κ2) is 5.44. The lowest BCUT2D eigenvalue weighted by atomic mass is 10.3. The third-order valence-corrected chi connectivity index (χ3v) is 2.26. The second-order valence-electron chi connectivity index (χ2n) is 3.53. The van der Waals surface area contributed by atoms with Crippen molar-refractivity contribution in [1.82, 2.24) is 4.90 Å². The molecule has 0 aliphatic carbocycles. The molecule has 0 saturated carbocycles. The molecule has 0 saturated heterocycles. The van der Waals surface area contributed by atoms with Crippen molar-refractivity contribution >= 4 is 17.8 Å². The Morgan fingerprint density at radius 2 is 2.12 bits per heavy atom. The van der Waals surface area contributed by atoms with Gasteiger partial charge >= 0.3 is 5.97 Å². The van der Waals surface area contributed by atoms with Gasteiger partial charge in [-0.05, 0) is 20.3 Å². The van der Waals surface area contributed by atoms with E-state index in [1.807, 2.05) is 0 Å². The van der Waals surface area contributed by atoms with E-state index in [2.05, 4.69) is 0 Å². The Kier molecular flexibility index (Phi) is 4.22. The quantitative estimate of drug-likeness (QED) is 0.509. The average molecular weight is 225 g/mol. The minimum atomic E-state index is -0.300. The number of carbonyl (C=O) groups excluding carboxylic acids is 3. The Labute approximate surface area is 94.1 Å². The normalized spacial score (nSPS) is 15.4. The highest BCUT2D eigenvalue weighted by molar-refractivity contribution is 6.15. The van der Waals surface area contributed by atoms with E-state index in [0.717, 1.165) is 4.90 Å². The predicted octanol–water partition coefficient (Wildman–Crippen LogP) is 0.645. The minimum absolute atomic E-state index is 0.226. The fraction of sp³-hybridized carbons (Fsp3) is 0.545. The number of rotatable bonds is 5. The van der Waals surface area contributed by atoms with E-state index in [1.54, 1.807) is 13.8 Å². The molecule has 5 nitrogen and oxygen atoms in total. The zero-order chi connectivity index (χ0) is 12.1. The summed E-state index contributed by atoms with van der Waals surface area (Å²) in [6.07, 6.45) is 1.98. The first-order chi connectivity index (χ1) is 7.56. The van der Waals surface area contributed by atoms with Gasteiger partial charge in [0.15, 0.2) is 0 Å². The third-order valence-electron chi connectivity index (χ3n) is 2.26. The van der Waals surface area contributed by atoms with Crippen molar-refractivity contribution in [1.29, 1.82) is 0 Å². The molecular weight excluding hydrogens is 210 g/mol. The first-order valence-electron chi connectivity index (χ1n) is 5.26. The molecule has 0 N–H and O–H groups in total. The SMILES string of the molecule is CCOC(=O)CCCN1C(=O)C=C(C)C1=O. The molecule has 0 aromatic carbocycles. The van der Waals surface area contributed by atoms with E-state index < -0.39 is 0 Å². The van der Waals surface area contributed by atoms with E-state index in [1.165, 1.54) is 6.08 Å². The van der Waals surface area contributed by atoms with Crippen molar-refractivity contribution in [3.05, 3.63) is 11.6 Å². The van der Waals surface area contributed by atoms with Crippen molar-refractivity contribution in [3.8, 4) is 0 Å². The zero-order valence-corrected chi connectivity index (χ0v) is 9.49. The van der Waals surface area contributed by atoms with Gasteiger partial charge in [0.2, 0.25) is 0 Å². The summed E-state index contributed by atoms with van der Waals surface area (Å²) in [5, 5.41) is 0. The standard InChI is InChI=1S/C11H15NO4/c1-3-16-10(14)5-4-6-12-9(13)7-8(2)11(12)15/h7H,3-6H2,1-2H3. The van der Waals surface area contributed by atoms with Gasteiger partial charge in [0, 0.05) is 24.6 Å². The molecule has 0 spiro atoms. The molecule has 2 amide bonds. The lowest BCUT2D eigenvalue weighted by Crippen LogP contribution is -2.32. The Morgan fingerprint density at radius 1 is 1.44 bits per heavy atom. The van der Waals surface area contributed by atoms with Crippen LogP contribution in [0.4, 0.5) is 0 Å². The molecular formula is C11H15NO4. The molecule has 1 heterocycles. The van der Waals surface area contributed by atoms with Gasteiger partial charge < -0.3 is 4.74 Å². The van der Waals surface area contributed by atoms with Crippen LogP contribution in [0.1, 0.15) is 26.7 Å². The molecule has 5 heteroatoms. The van der Waals surface area contributed by atoms with Crippen LogP contribution in [0, 0.1) is 0 Å². The number of hydrogen-bond donors (Lipinski definition) is 0. The highest BCUT2D eigenvalue weighted by atomic mass is 16.5. The van der Waals surface area contributed by atoms with Crippen molar-refractivity contribution in [3.63, 3.8) is 0 Å². The molecule has 0 unspecified atom stereocenters. The number of hydrogen-bond acceptors (Lipinski definition) is 4. The molecule has 1 rings (SSSR count). The van der Waals surface area contributed by atoms with Gasteiger partial charge in [-0.15, -0.1) is 0 Å². The van der Waals surface area contributed by atoms with Gasteiger partial charge in [-0.3, -0.25) is 19.3 Å². The van der Waals surface area contributed by atoms with Gasteiger partial charge in [0.1, 0.15) is 0 Å². The Morgan fingerprint density at radius 3 is 2.62 bits per heavy atom. The molecule has 1 aliphatic heterocycles. The van der Waals surface area contributed by atoms with Gasteiger partial charge in [-0.2, -0.15) is 0 Å². The van der Waals surface area contributed by atoms with E-state index in [4.69, 9.17) is 4.74 Å². The molecule has 0 radical (unpaired) electrons. The van der Waals surface area contributed by atoms with Crippen LogP contribution < -0.4 is 0 Å². The highest BCUT2D eigenvalue weighted by Gasteiger charge is 2.27.